The number of carbonyl (C=O) groups excluding carboxylic acids is 2. The first kappa shape index (κ1) is 18.6. The van der Waals surface area contributed by atoms with E-state index in [9.17, 15) is 14.0 Å². The Morgan fingerprint density at radius 2 is 1.88 bits per heavy atom. The molecule has 0 atom stereocenters. The predicted molar refractivity (Wildman–Crippen MR) is 95.6 cm³/mol. The number of nitrogens with two attached hydrogens (primary N) is 1. The van der Waals surface area contributed by atoms with Gasteiger partial charge in [-0.15, -0.1) is 0 Å². The first-order valence-electron chi connectivity index (χ1n) is 8.11. The fraction of sp³-hybridized carbons (Fsp3) is 0.263. The lowest BCUT2D eigenvalue weighted by Gasteiger charge is -2.23. The van der Waals surface area contributed by atoms with Gasteiger partial charge in [-0.05, 0) is 36.7 Å². The summed E-state index contributed by atoms with van der Waals surface area (Å²) in [6.07, 6.45) is 0.665. The smallest absolute Gasteiger partial charge is 0.254 e. The lowest BCUT2D eigenvalue weighted by molar-refractivity contribution is -0.114. The maximum atomic E-state index is 13.8. The number of hydrogen-bond acceptors (Lipinski definition) is 3. The Morgan fingerprint density at radius 3 is 2.52 bits per heavy atom. The Kier molecular flexibility index (Phi) is 6.65. The van der Waals surface area contributed by atoms with Crippen molar-refractivity contribution in [1.29, 1.82) is 0 Å². The highest BCUT2D eigenvalue weighted by molar-refractivity contribution is 5.96. The molecule has 0 unspecified atom stereocenters. The number of nitrogens with zero attached hydrogens (tertiary/aromatic N) is 1. The van der Waals surface area contributed by atoms with Gasteiger partial charge in [0.2, 0.25) is 5.91 Å². The Bertz CT molecular complexity index is 735. The zero-order valence-corrected chi connectivity index (χ0v) is 14.2. The van der Waals surface area contributed by atoms with Gasteiger partial charge in [-0.1, -0.05) is 30.3 Å². The highest BCUT2D eigenvalue weighted by Crippen LogP contribution is 2.18. The summed E-state index contributed by atoms with van der Waals surface area (Å²) < 4.78 is 13.8. The SMILES string of the molecule is CC(=O)Nc1cc(C(=O)N(CCCN)Cc2ccccc2)ccc1F. The molecule has 2 aromatic rings. The molecular formula is C19H22FN3O2. The number of benzene rings is 2. The molecule has 2 aromatic carbocycles. The molecule has 0 heterocycles. The molecule has 2 rings (SSSR count). The lowest BCUT2D eigenvalue weighted by atomic mass is 10.1. The van der Waals surface area contributed by atoms with Crippen molar-refractivity contribution < 1.29 is 14.0 Å². The van der Waals surface area contributed by atoms with E-state index in [1.807, 2.05) is 30.3 Å². The van der Waals surface area contributed by atoms with Crippen molar-refractivity contribution in [2.45, 2.75) is 19.9 Å². The fourth-order valence-electron chi connectivity index (χ4n) is 2.46. The monoisotopic (exact) mass is 343 g/mol. The van der Waals surface area contributed by atoms with Gasteiger partial charge in [0.1, 0.15) is 5.82 Å². The van der Waals surface area contributed by atoms with Gasteiger partial charge >= 0.3 is 0 Å². The molecule has 0 bridgehead atoms. The van der Waals surface area contributed by atoms with Crippen LogP contribution in [0.4, 0.5) is 10.1 Å². The van der Waals surface area contributed by atoms with E-state index >= 15 is 0 Å². The summed E-state index contributed by atoms with van der Waals surface area (Å²) in [5.74, 6) is -1.21. The molecule has 3 N–H and O–H groups in total. The average Bonchev–Trinajstić information content (AvgIpc) is 2.60. The first-order chi connectivity index (χ1) is 12.0. The fourth-order valence-corrected chi connectivity index (χ4v) is 2.46. The van der Waals surface area contributed by atoms with Crippen molar-refractivity contribution in [3.05, 3.63) is 65.5 Å². The van der Waals surface area contributed by atoms with Gasteiger partial charge in [-0.25, -0.2) is 4.39 Å². The van der Waals surface area contributed by atoms with Crippen LogP contribution in [0.3, 0.4) is 0 Å². The molecule has 0 aromatic heterocycles. The lowest BCUT2D eigenvalue weighted by Crippen LogP contribution is -2.32. The molecule has 25 heavy (non-hydrogen) atoms. The topological polar surface area (TPSA) is 75.4 Å². The van der Waals surface area contributed by atoms with Crippen LogP contribution in [-0.4, -0.2) is 29.8 Å². The number of carbonyl (C=O) groups is 2. The molecule has 0 aliphatic rings. The van der Waals surface area contributed by atoms with E-state index in [-0.39, 0.29) is 11.6 Å². The highest BCUT2D eigenvalue weighted by atomic mass is 19.1. The third-order valence-corrected chi connectivity index (χ3v) is 3.66. The normalized spacial score (nSPS) is 10.4. The van der Waals surface area contributed by atoms with Gasteiger partial charge in [0.15, 0.2) is 0 Å². The Hall–Kier alpha value is -2.73. The third-order valence-electron chi connectivity index (χ3n) is 3.66. The quantitative estimate of drug-likeness (QED) is 0.812. The highest BCUT2D eigenvalue weighted by Gasteiger charge is 2.17. The summed E-state index contributed by atoms with van der Waals surface area (Å²) in [6, 6.07) is 13.6. The van der Waals surface area contributed by atoms with E-state index in [0.29, 0.717) is 31.6 Å². The van der Waals surface area contributed by atoms with E-state index < -0.39 is 11.7 Å². The molecule has 0 saturated carbocycles. The predicted octanol–water partition coefficient (Wildman–Crippen LogP) is 2.78. The van der Waals surface area contributed by atoms with Crippen molar-refractivity contribution in [3.63, 3.8) is 0 Å². The Labute approximate surface area is 146 Å². The van der Waals surface area contributed by atoms with E-state index in [2.05, 4.69) is 5.32 Å². The molecule has 132 valence electrons. The summed E-state index contributed by atoms with van der Waals surface area (Å²) in [5, 5.41) is 2.40. The van der Waals surface area contributed by atoms with Crippen LogP contribution >= 0.6 is 0 Å². The van der Waals surface area contributed by atoms with Gasteiger partial charge in [0.25, 0.3) is 5.91 Å². The van der Waals surface area contributed by atoms with Crippen molar-refractivity contribution in [1.82, 2.24) is 4.90 Å². The molecule has 0 saturated heterocycles. The van der Waals surface area contributed by atoms with Crippen LogP contribution in [-0.2, 0) is 11.3 Å². The summed E-state index contributed by atoms with van der Waals surface area (Å²) >= 11 is 0. The van der Waals surface area contributed by atoms with Crippen LogP contribution in [0.2, 0.25) is 0 Å². The van der Waals surface area contributed by atoms with Crippen molar-refractivity contribution >= 4 is 17.5 Å². The number of halogens is 1. The molecule has 0 spiro atoms. The van der Waals surface area contributed by atoms with Gasteiger partial charge < -0.3 is 16.0 Å². The summed E-state index contributed by atoms with van der Waals surface area (Å²) in [4.78, 5) is 25.7. The molecule has 0 fully saturated rings. The first-order valence-corrected chi connectivity index (χ1v) is 8.11. The average molecular weight is 343 g/mol. The van der Waals surface area contributed by atoms with Crippen LogP contribution in [0.1, 0.15) is 29.3 Å². The second kappa shape index (κ2) is 8.94. The van der Waals surface area contributed by atoms with E-state index in [4.69, 9.17) is 5.73 Å². The Balaban J connectivity index is 2.24. The Morgan fingerprint density at radius 1 is 1.16 bits per heavy atom. The van der Waals surface area contributed by atoms with Crippen molar-refractivity contribution in [2.24, 2.45) is 5.73 Å². The third kappa shape index (κ3) is 5.39. The van der Waals surface area contributed by atoms with Crippen molar-refractivity contribution in [2.75, 3.05) is 18.4 Å². The summed E-state index contributed by atoms with van der Waals surface area (Å²) in [7, 11) is 0. The van der Waals surface area contributed by atoms with E-state index in [1.54, 1.807) is 4.90 Å². The van der Waals surface area contributed by atoms with Crippen molar-refractivity contribution in [3.8, 4) is 0 Å². The molecule has 0 radical (unpaired) electrons. The van der Waals surface area contributed by atoms with Gasteiger partial charge in [-0.2, -0.15) is 0 Å². The molecule has 0 aliphatic heterocycles. The van der Waals surface area contributed by atoms with Crippen LogP contribution < -0.4 is 11.1 Å². The minimum atomic E-state index is -0.580. The number of amides is 2. The van der Waals surface area contributed by atoms with Gasteiger partial charge in [-0.3, -0.25) is 9.59 Å². The zero-order valence-electron chi connectivity index (χ0n) is 14.2. The zero-order chi connectivity index (χ0) is 18.2. The van der Waals surface area contributed by atoms with E-state index in [0.717, 1.165) is 5.56 Å². The second-order valence-electron chi connectivity index (χ2n) is 5.73. The maximum absolute atomic E-state index is 13.8. The summed E-state index contributed by atoms with van der Waals surface area (Å²) in [6.45, 7) is 2.69. The number of nitrogens with one attached hydrogen (secondary N) is 1. The summed E-state index contributed by atoms with van der Waals surface area (Å²) in [5.41, 5.74) is 6.88. The van der Waals surface area contributed by atoms with Crippen LogP contribution in [0.5, 0.6) is 0 Å². The standard InChI is InChI=1S/C19H22FN3O2/c1-14(24)22-18-12-16(8-9-17(18)20)19(25)23(11-5-10-21)13-15-6-3-2-4-7-15/h2-4,6-9,12H,5,10-11,13,21H2,1H3,(H,22,24). The van der Waals surface area contributed by atoms with Crippen LogP contribution in [0, 0.1) is 5.82 Å². The van der Waals surface area contributed by atoms with Gasteiger partial charge in [0.05, 0.1) is 5.69 Å². The van der Waals surface area contributed by atoms with Crippen LogP contribution in [0.25, 0.3) is 0 Å². The van der Waals surface area contributed by atoms with Crippen LogP contribution in [0.15, 0.2) is 48.5 Å². The molecular weight excluding hydrogens is 321 g/mol. The maximum Gasteiger partial charge on any atom is 0.254 e. The van der Waals surface area contributed by atoms with Gasteiger partial charge in [0, 0.05) is 25.6 Å². The van der Waals surface area contributed by atoms with E-state index in [1.165, 1.54) is 25.1 Å². The molecule has 6 heteroatoms. The molecule has 5 nitrogen and oxygen atoms in total. The number of hydrogen-bond donors (Lipinski definition) is 2. The molecule has 2 amide bonds. The second-order valence-corrected chi connectivity index (χ2v) is 5.73. The molecule has 0 aliphatic carbocycles. The minimum absolute atomic E-state index is 0.00293. The minimum Gasteiger partial charge on any atom is -0.334 e. The number of rotatable bonds is 7. The number of anilines is 1. The largest absolute Gasteiger partial charge is 0.334 e.